The summed E-state index contributed by atoms with van der Waals surface area (Å²) in [6.45, 7) is 3.41. The maximum Gasteiger partial charge on any atom is 0.397 e. The van der Waals surface area contributed by atoms with Gasteiger partial charge in [0.1, 0.15) is 24.4 Å². The second-order valence-corrected chi connectivity index (χ2v) is 20.2. The number of hydrogen-bond donors (Lipinski definition) is 6. The molecule has 0 aliphatic carbocycles. The van der Waals surface area contributed by atoms with Crippen molar-refractivity contribution in [3.05, 3.63) is 12.2 Å². The van der Waals surface area contributed by atoms with Gasteiger partial charge < -0.3 is 35.2 Å². The molecule has 1 amide bonds. The van der Waals surface area contributed by atoms with Crippen LogP contribution in [0.2, 0.25) is 0 Å². The number of aliphatic hydroxyl groups excluding tert-OH is 4. The highest BCUT2D eigenvalue weighted by Gasteiger charge is 2.48. The largest absolute Gasteiger partial charge is 0.397 e. The second kappa shape index (κ2) is 42.9. The number of aliphatic hydroxyl groups is 4. The van der Waals surface area contributed by atoms with Gasteiger partial charge in [-0.15, -0.1) is 0 Å². The van der Waals surface area contributed by atoms with E-state index in [9.17, 15) is 38.2 Å². The number of amides is 1. The fourth-order valence-corrected chi connectivity index (χ4v) is 9.38. The minimum absolute atomic E-state index is 0.259. The van der Waals surface area contributed by atoms with E-state index in [1.165, 1.54) is 193 Å². The fourth-order valence-electron chi connectivity index (χ4n) is 8.87. The molecule has 1 saturated heterocycles. The number of allylic oxidation sites excluding steroid dienone is 1. The number of ether oxygens (including phenoxy) is 2. The van der Waals surface area contributed by atoms with Gasteiger partial charge in [0.25, 0.3) is 0 Å². The quantitative estimate of drug-likeness (QED) is 0.0193. The van der Waals surface area contributed by atoms with E-state index in [0.29, 0.717) is 6.42 Å². The van der Waals surface area contributed by atoms with Crippen molar-refractivity contribution in [2.45, 2.75) is 301 Å². The minimum Gasteiger partial charge on any atom is -0.394 e. The maximum atomic E-state index is 13.1. The lowest BCUT2D eigenvalue weighted by Crippen LogP contribution is -2.61. The molecule has 0 aromatic carbocycles. The lowest BCUT2D eigenvalue weighted by atomic mass is 9.99. The van der Waals surface area contributed by atoms with Crippen LogP contribution in [0.3, 0.4) is 0 Å². The zero-order valence-electron chi connectivity index (χ0n) is 41.6. The first kappa shape index (κ1) is 61.9. The molecule has 6 N–H and O–H groups in total. The lowest BCUT2D eigenvalue weighted by Gasteiger charge is -2.41. The molecule has 1 heterocycles. The molecule has 7 unspecified atom stereocenters. The number of rotatable bonds is 47. The van der Waals surface area contributed by atoms with Gasteiger partial charge >= 0.3 is 10.4 Å². The van der Waals surface area contributed by atoms with E-state index < -0.39 is 59.9 Å². The number of unbranched alkanes of at least 4 members (excludes halogenated alkanes) is 35. The summed E-state index contributed by atoms with van der Waals surface area (Å²) in [4.78, 5) is 13.1. The van der Waals surface area contributed by atoms with Crippen LogP contribution in [0.25, 0.3) is 0 Å². The smallest absolute Gasteiger partial charge is 0.394 e. The predicted octanol–water partition coefficient (Wildman–Crippen LogP) is 11.9. The van der Waals surface area contributed by atoms with Crippen LogP contribution in [-0.2, 0) is 28.9 Å². The van der Waals surface area contributed by atoms with E-state index in [1.807, 2.05) is 6.08 Å². The molecule has 0 saturated carbocycles. The van der Waals surface area contributed by atoms with E-state index in [2.05, 4.69) is 23.3 Å². The van der Waals surface area contributed by atoms with Gasteiger partial charge in [0.05, 0.1) is 25.4 Å². The molecule has 0 radical (unpaired) electrons. The maximum absolute atomic E-state index is 13.1. The Bertz CT molecular complexity index is 1210. The number of hydrogen-bond acceptors (Lipinski definition) is 10. The molecule has 1 aliphatic rings. The van der Waals surface area contributed by atoms with E-state index in [1.54, 1.807) is 6.08 Å². The van der Waals surface area contributed by atoms with Gasteiger partial charge in [-0.1, -0.05) is 244 Å². The highest BCUT2D eigenvalue weighted by atomic mass is 32.3. The zero-order valence-corrected chi connectivity index (χ0v) is 42.4. The van der Waals surface area contributed by atoms with E-state index in [4.69, 9.17) is 9.47 Å². The molecule has 1 fully saturated rings. The van der Waals surface area contributed by atoms with E-state index >= 15 is 0 Å². The molecule has 0 aromatic rings. The van der Waals surface area contributed by atoms with E-state index in [-0.39, 0.29) is 18.9 Å². The Morgan fingerprint density at radius 2 is 0.969 bits per heavy atom. The first-order chi connectivity index (χ1) is 31.5. The van der Waals surface area contributed by atoms with Crippen LogP contribution in [0, 0.1) is 0 Å². The summed E-state index contributed by atoms with van der Waals surface area (Å²) in [7, 11) is -5.08. The van der Waals surface area contributed by atoms with Crippen molar-refractivity contribution in [3.63, 3.8) is 0 Å². The van der Waals surface area contributed by atoms with Crippen LogP contribution < -0.4 is 5.32 Å². The average Bonchev–Trinajstić information content (AvgIpc) is 3.28. The summed E-state index contributed by atoms with van der Waals surface area (Å²) in [5, 5.41) is 44.8. The monoisotopic (exact) mass is 948 g/mol. The molecule has 13 heteroatoms. The van der Waals surface area contributed by atoms with Gasteiger partial charge in [-0.25, -0.2) is 4.18 Å². The van der Waals surface area contributed by atoms with Gasteiger partial charge in [0, 0.05) is 6.42 Å². The minimum atomic E-state index is -5.08. The topological polar surface area (TPSA) is 192 Å². The molecule has 12 nitrogen and oxygen atoms in total. The van der Waals surface area contributed by atoms with Crippen LogP contribution in [0.1, 0.15) is 258 Å². The molecule has 0 spiro atoms. The fraction of sp³-hybridized carbons (Fsp3) is 0.942. The third-order valence-electron chi connectivity index (χ3n) is 13.1. The van der Waals surface area contributed by atoms with Crippen molar-refractivity contribution in [3.8, 4) is 0 Å². The molecule has 0 aromatic heterocycles. The van der Waals surface area contributed by atoms with Crippen molar-refractivity contribution in [2.24, 2.45) is 0 Å². The Labute approximate surface area is 398 Å². The van der Waals surface area contributed by atoms with Crippen molar-refractivity contribution in [2.75, 3.05) is 13.2 Å². The van der Waals surface area contributed by atoms with Gasteiger partial charge in [-0.2, -0.15) is 8.42 Å². The van der Waals surface area contributed by atoms with Crippen molar-refractivity contribution in [1.82, 2.24) is 5.32 Å². The SMILES string of the molecule is CCCCCCCCCCCCCCCCCCCCCCCCC/C=C/C(O)C(COC1OC(CO)C(O)C(OS(=O)(=O)O)C1O)NC(=O)CCCCCCCCCCCCCCC. The summed E-state index contributed by atoms with van der Waals surface area (Å²) in [5.41, 5.74) is 0. The van der Waals surface area contributed by atoms with Crippen LogP contribution in [0.5, 0.6) is 0 Å². The van der Waals surface area contributed by atoms with Gasteiger partial charge in [0.15, 0.2) is 6.29 Å². The number of carbonyl (C=O) groups is 1. The number of nitrogens with one attached hydrogen (secondary N) is 1. The lowest BCUT2D eigenvalue weighted by molar-refractivity contribution is -0.298. The third-order valence-corrected chi connectivity index (χ3v) is 13.5. The summed E-state index contributed by atoms with van der Waals surface area (Å²) >= 11 is 0. The molecular weight excluding hydrogens is 847 g/mol. The van der Waals surface area contributed by atoms with Crippen LogP contribution in [-0.4, -0.2) is 95.4 Å². The Kier molecular flexibility index (Phi) is 40.8. The standard InChI is InChI=1S/C52H101NO11S/c1-3-5-7-9-11-13-15-17-18-19-20-21-22-23-24-25-26-27-28-30-31-33-35-37-39-41-46(55)45(44-62-52-50(58)51(64-65(59,60)61)49(57)47(43-54)63-52)53-48(56)42-40-38-36-34-32-29-16-14-12-10-8-6-4-2/h39,41,45-47,49-52,54-55,57-58H,3-38,40,42-44H2,1-2H3,(H,53,56)(H,59,60,61)/b41-39+. The summed E-state index contributed by atoms with van der Waals surface area (Å²) in [6.07, 6.45) is 41.2. The van der Waals surface area contributed by atoms with Gasteiger partial charge in [-0.05, 0) is 19.3 Å². The first-order valence-corrected chi connectivity index (χ1v) is 28.4. The summed E-state index contributed by atoms with van der Waals surface area (Å²) in [5.74, 6) is -0.259. The molecular formula is C52H101NO11S. The average molecular weight is 948 g/mol. The molecule has 0 bridgehead atoms. The number of carbonyl (C=O) groups excluding carboxylic acids is 1. The van der Waals surface area contributed by atoms with E-state index in [0.717, 1.165) is 38.5 Å². The Hall–Kier alpha value is -1.16. The van der Waals surface area contributed by atoms with Crippen molar-refractivity contribution < 1.29 is 51.8 Å². The highest BCUT2D eigenvalue weighted by Crippen LogP contribution is 2.26. The Morgan fingerprint density at radius 1 is 0.600 bits per heavy atom. The Morgan fingerprint density at radius 3 is 1.34 bits per heavy atom. The first-order valence-electron chi connectivity index (χ1n) is 27.1. The molecule has 386 valence electrons. The molecule has 1 aliphatic heterocycles. The van der Waals surface area contributed by atoms with Crippen molar-refractivity contribution in [1.29, 1.82) is 0 Å². The zero-order chi connectivity index (χ0) is 47.6. The second-order valence-electron chi connectivity index (χ2n) is 19.2. The van der Waals surface area contributed by atoms with Gasteiger partial charge in [-0.3, -0.25) is 9.35 Å². The predicted molar refractivity (Wildman–Crippen MR) is 264 cm³/mol. The van der Waals surface area contributed by atoms with Gasteiger partial charge in [0.2, 0.25) is 5.91 Å². The third kappa shape index (κ3) is 35.6. The molecule has 65 heavy (non-hydrogen) atoms. The summed E-state index contributed by atoms with van der Waals surface area (Å²) in [6, 6.07) is -0.939. The Balaban J connectivity index is 2.37. The molecule has 1 rings (SSSR count). The van der Waals surface area contributed by atoms with Crippen LogP contribution in [0.15, 0.2) is 12.2 Å². The highest BCUT2D eigenvalue weighted by molar-refractivity contribution is 7.80. The van der Waals surface area contributed by atoms with Crippen LogP contribution >= 0.6 is 0 Å². The normalized spacial score (nSPS) is 20.1. The summed E-state index contributed by atoms with van der Waals surface area (Å²) < 4.78 is 47.7. The van der Waals surface area contributed by atoms with Crippen LogP contribution in [0.4, 0.5) is 0 Å². The van der Waals surface area contributed by atoms with Crippen molar-refractivity contribution >= 4 is 16.3 Å². The molecule has 7 atom stereocenters.